The fourth-order valence-electron chi connectivity index (χ4n) is 2.98. The quantitative estimate of drug-likeness (QED) is 0.426. The van der Waals surface area contributed by atoms with Gasteiger partial charge in [0.05, 0.1) is 21.2 Å². The van der Waals surface area contributed by atoms with Gasteiger partial charge in [0, 0.05) is 10.7 Å². The summed E-state index contributed by atoms with van der Waals surface area (Å²) in [6.07, 6.45) is -4.72. The number of sulfonamides is 1. The van der Waals surface area contributed by atoms with Gasteiger partial charge >= 0.3 is 6.18 Å². The summed E-state index contributed by atoms with van der Waals surface area (Å²) in [6, 6.07) is 14.7. The van der Waals surface area contributed by atoms with Crippen LogP contribution in [0.15, 0.2) is 71.6 Å². The van der Waals surface area contributed by atoms with Crippen molar-refractivity contribution in [3.8, 4) is 0 Å². The second-order valence-electron chi connectivity index (χ2n) is 7.05. The Labute approximate surface area is 198 Å². The predicted octanol–water partition coefficient (Wildman–Crippen LogP) is 6.15. The van der Waals surface area contributed by atoms with Gasteiger partial charge in [-0.3, -0.25) is 9.10 Å². The smallest absolute Gasteiger partial charge is 0.324 e. The molecule has 0 unspecified atom stereocenters. The third-order valence-corrected chi connectivity index (χ3v) is 6.90. The largest absolute Gasteiger partial charge is 0.417 e. The summed E-state index contributed by atoms with van der Waals surface area (Å²) in [7, 11) is -4.20. The van der Waals surface area contributed by atoms with Gasteiger partial charge in [0.25, 0.3) is 10.0 Å². The number of nitrogens with one attached hydrogen (secondary N) is 1. The summed E-state index contributed by atoms with van der Waals surface area (Å²) in [5.41, 5.74) is -0.333. The maximum absolute atomic E-state index is 13.3. The summed E-state index contributed by atoms with van der Waals surface area (Å²) in [5.74, 6) is -0.843. The molecule has 0 saturated heterocycles. The lowest BCUT2D eigenvalue weighted by Gasteiger charge is -2.24. The Morgan fingerprint density at radius 2 is 1.67 bits per heavy atom. The topological polar surface area (TPSA) is 66.5 Å². The fourth-order valence-corrected chi connectivity index (χ4v) is 4.75. The molecule has 3 aromatic carbocycles. The summed E-state index contributed by atoms with van der Waals surface area (Å²) in [4.78, 5) is 12.6. The Bertz CT molecular complexity index is 1280. The lowest BCUT2D eigenvalue weighted by Crippen LogP contribution is -2.38. The fraction of sp³-hybridized carbons (Fsp3) is 0.136. The highest BCUT2D eigenvalue weighted by Gasteiger charge is 2.34. The minimum atomic E-state index is -4.72. The molecule has 11 heteroatoms. The first kappa shape index (κ1) is 24.9. The molecule has 0 atom stereocenters. The molecular weight excluding hydrogens is 500 g/mol. The average Bonchev–Trinajstić information content (AvgIpc) is 2.73. The van der Waals surface area contributed by atoms with Gasteiger partial charge in [-0.15, -0.1) is 0 Å². The van der Waals surface area contributed by atoms with Crippen LogP contribution in [0.25, 0.3) is 0 Å². The second-order valence-corrected chi connectivity index (χ2v) is 9.75. The summed E-state index contributed by atoms with van der Waals surface area (Å²) >= 11 is 11.5. The van der Waals surface area contributed by atoms with E-state index in [1.54, 1.807) is 25.1 Å². The van der Waals surface area contributed by atoms with Crippen molar-refractivity contribution in [2.45, 2.75) is 18.0 Å². The lowest BCUT2D eigenvalue weighted by molar-refractivity contribution is -0.137. The zero-order valence-electron chi connectivity index (χ0n) is 17.0. The van der Waals surface area contributed by atoms with Crippen molar-refractivity contribution in [2.24, 2.45) is 0 Å². The molecule has 0 bridgehead atoms. The Hall–Kier alpha value is -2.75. The first-order valence-electron chi connectivity index (χ1n) is 9.39. The highest BCUT2D eigenvalue weighted by molar-refractivity contribution is 7.92. The molecule has 1 N–H and O–H groups in total. The van der Waals surface area contributed by atoms with Crippen LogP contribution in [0.2, 0.25) is 10.0 Å². The normalized spacial score (nSPS) is 11.8. The number of amides is 1. The van der Waals surface area contributed by atoms with Gasteiger partial charge in [-0.1, -0.05) is 35.3 Å². The number of hydrogen-bond donors (Lipinski definition) is 1. The van der Waals surface area contributed by atoms with Crippen molar-refractivity contribution >= 4 is 50.5 Å². The average molecular weight is 517 g/mol. The number of carbonyl (C=O) groups is 1. The van der Waals surface area contributed by atoms with Crippen molar-refractivity contribution in [2.75, 3.05) is 16.2 Å². The Morgan fingerprint density at radius 3 is 2.27 bits per heavy atom. The zero-order valence-corrected chi connectivity index (χ0v) is 19.4. The van der Waals surface area contributed by atoms with E-state index in [-0.39, 0.29) is 16.3 Å². The molecule has 1 amide bonds. The van der Waals surface area contributed by atoms with Gasteiger partial charge < -0.3 is 5.32 Å². The molecule has 0 aromatic heterocycles. The highest BCUT2D eigenvalue weighted by atomic mass is 35.5. The monoisotopic (exact) mass is 516 g/mol. The van der Waals surface area contributed by atoms with Crippen LogP contribution >= 0.6 is 23.2 Å². The van der Waals surface area contributed by atoms with E-state index in [0.29, 0.717) is 11.1 Å². The van der Waals surface area contributed by atoms with Crippen LogP contribution in [0.3, 0.4) is 0 Å². The number of aryl methyl sites for hydroxylation is 1. The first-order chi connectivity index (χ1) is 15.4. The Balaban J connectivity index is 1.94. The van der Waals surface area contributed by atoms with E-state index < -0.39 is 39.2 Å². The first-order valence-corrected chi connectivity index (χ1v) is 11.6. The molecule has 0 saturated carbocycles. The third-order valence-electron chi connectivity index (χ3n) is 4.53. The maximum atomic E-state index is 13.3. The number of benzene rings is 3. The van der Waals surface area contributed by atoms with Crippen LogP contribution < -0.4 is 9.62 Å². The summed E-state index contributed by atoms with van der Waals surface area (Å²) < 4.78 is 66.8. The molecular formula is C22H17Cl2F3N2O3S. The van der Waals surface area contributed by atoms with E-state index in [1.807, 2.05) is 0 Å². The molecule has 0 aliphatic carbocycles. The van der Waals surface area contributed by atoms with Gasteiger partial charge in [0.1, 0.15) is 6.54 Å². The van der Waals surface area contributed by atoms with Crippen molar-refractivity contribution in [1.82, 2.24) is 0 Å². The van der Waals surface area contributed by atoms with E-state index in [1.165, 1.54) is 36.4 Å². The Kier molecular flexibility index (Phi) is 7.26. The van der Waals surface area contributed by atoms with Crippen molar-refractivity contribution in [1.29, 1.82) is 0 Å². The molecule has 0 radical (unpaired) electrons. The number of hydrogen-bond acceptors (Lipinski definition) is 3. The van der Waals surface area contributed by atoms with Crippen LogP contribution in [0.4, 0.5) is 24.5 Å². The van der Waals surface area contributed by atoms with Gasteiger partial charge in [-0.2, -0.15) is 13.2 Å². The maximum Gasteiger partial charge on any atom is 0.417 e. The third kappa shape index (κ3) is 5.98. The number of rotatable bonds is 6. The van der Waals surface area contributed by atoms with E-state index in [4.69, 9.17) is 23.2 Å². The second kappa shape index (κ2) is 9.62. The van der Waals surface area contributed by atoms with E-state index in [2.05, 4.69) is 5.32 Å². The van der Waals surface area contributed by atoms with Crippen LogP contribution in [-0.2, 0) is 21.0 Å². The number of halogens is 5. The minimum Gasteiger partial charge on any atom is -0.324 e. The molecule has 5 nitrogen and oxygen atoms in total. The van der Waals surface area contributed by atoms with E-state index in [0.717, 1.165) is 15.9 Å². The SMILES string of the molecule is Cc1cccc(N(CC(=O)Nc2ccc(Cl)c(C(F)(F)F)c2)S(=O)(=O)c2ccc(Cl)cc2)c1. The van der Waals surface area contributed by atoms with Crippen molar-refractivity contribution < 1.29 is 26.4 Å². The molecule has 0 fully saturated rings. The van der Waals surface area contributed by atoms with Gasteiger partial charge in [0.2, 0.25) is 5.91 Å². The van der Waals surface area contributed by atoms with Crippen LogP contribution in [-0.4, -0.2) is 20.9 Å². The number of alkyl halides is 3. The standard InChI is InChI=1S/C22H17Cl2F3N2O3S/c1-14-3-2-4-17(11-14)29(33(31,32)18-8-5-15(23)6-9-18)13-21(30)28-16-7-10-20(24)19(12-16)22(25,26)27/h2-12H,13H2,1H3,(H,28,30). The Morgan fingerprint density at radius 1 is 1.00 bits per heavy atom. The number of carbonyl (C=O) groups excluding carboxylic acids is 1. The molecule has 3 rings (SSSR count). The number of nitrogens with zero attached hydrogens (tertiary/aromatic N) is 1. The predicted molar refractivity (Wildman–Crippen MR) is 122 cm³/mol. The van der Waals surface area contributed by atoms with Crippen molar-refractivity contribution in [3.05, 3.63) is 87.9 Å². The lowest BCUT2D eigenvalue weighted by atomic mass is 10.2. The summed E-state index contributed by atoms with van der Waals surface area (Å²) in [6.45, 7) is 1.07. The number of anilines is 2. The van der Waals surface area contributed by atoms with Gasteiger partial charge in [-0.25, -0.2) is 8.42 Å². The highest BCUT2D eigenvalue weighted by Crippen LogP contribution is 2.36. The molecule has 0 aliphatic rings. The summed E-state index contributed by atoms with van der Waals surface area (Å²) in [5, 5.41) is 2.11. The molecule has 0 spiro atoms. The minimum absolute atomic E-state index is 0.105. The van der Waals surface area contributed by atoms with Gasteiger partial charge in [-0.05, 0) is 67.1 Å². The van der Waals surface area contributed by atoms with Gasteiger partial charge in [0.15, 0.2) is 0 Å². The van der Waals surface area contributed by atoms with E-state index >= 15 is 0 Å². The van der Waals surface area contributed by atoms with Crippen LogP contribution in [0.5, 0.6) is 0 Å². The van der Waals surface area contributed by atoms with E-state index in [9.17, 15) is 26.4 Å². The molecule has 0 heterocycles. The zero-order chi connectivity index (χ0) is 24.4. The molecule has 33 heavy (non-hydrogen) atoms. The molecule has 0 aliphatic heterocycles. The van der Waals surface area contributed by atoms with Crippen LogP contribution in [0, 0.1) is 6.92 Å². The molecule has 174 valence electrons. The molecule has 3 aromatic rings. The van der Waals surface area contributed by atoms with Crippen molar-refractivity contribution in [3.63, 3.8) is 0 Å². The van der Waals surface area contributed by atoms with Crippen LogP contribution in [0.1, 0.15) is 11.1 Å².